The molecule has 1 aliphatic heterocycles. The third kappa shape index (κ3) is 8.16. The minimum Gasteiger partial charge on any atom is -0.408 e. The minimum absolute atomic E-state index is 0. The smallest absolute Gasteiger partial charge is 0.408 e. The van der Waals surface area contributed by atoms with Crippen LogP contribution in [0.2, 0.25) is 0 Å². The van der Waals surface area contributed by atoms with Crippen molar-refractivity contribution in [3.05, 3.63) is 146 Å². The van der Waals surface area contributed by atoms with Crippen molar-refractivity contribution in [2.75, 3.05) is 23.3 Å². The zero-order valence-corrected chi connectivity index (χ0v) is 28.8. The molecule has 4 aromatic rings. The number of halogens is 1. The van der Waals surface area contributed by atoms with Crippen molar-refractivity contribution in [1.29, 1.82) is 0 Å². The van der Waals surface area contributed by atoms with Gasteiger partial charge in [-0.3, -0.25) is 9.78 Å². The topological polar surface area (TPSA) is 48.5 Å². The van der Waals surface area contributed by atoms with Crippen LogP contribution in [0.3, 0.4) is 0 Å². The summed E-state index contributed by atoms with van der Waals surface area (Å²) in [6.07, 6.45) is 3.49. The molecule has 1 saturated heterocycles. The van der Waals surface area contributed by atoms with Crippen LogP contribution in [0.1, 0.15) is 53.0 Å². The standard InChI is InChI=1S/C35H36FN4O.CH3.K/c1-24-10-5-6-14-34(24)40(27(4)33-13-7-8-19-37-33)26(3)28-17-20-39(21-18-28)35(41)29-15-16-32(25(2)22-29)38-31-12-9-11-30(36)23-31;;/h5-16,19,22-23,27-28,38H,2-3,17-18,20-21H2,1,4H3;1H3;/q2*-1;+1. The van der Waals surface area contributed by atoms with Crippen molar-refractivity contribution < 1.29 is 60.6 Å². The number of allylic oxidation sites excluding steroid dienone is 1. The molecule has 0 bridgehead atoms. The number of piperidine rings is 1. The van der Waals surface area contributed by atoms with Crippen LogP contribution in [-0.4, -0.2) is 28.9 Å². The van der Waals surface area contributed by atoms with Gasteiger partial charge < -0.3 is 22.5 Å². The van der Waals surface area contributed by atoms with Gasteiger partial charge in [0.25, 0.3) is 0 Å². The maximum atomic E-state index is 13.6. The van der Waals surface area contributed by atoms with E-state index in [0.29, 0.717) is 29.9 Å². The Labute approximate surface area is 298 Å². The van der Waals surface area contributed by atoms with E-state index in [4.69, 9.17) is 0 Å². The van der Waals surface area contributed by atoms with Crippen LogP contribution < -0.4 is 61.6 Å². The first-order valence-corrected chi connectivity index (χ1v) is 14.0. The predicted octanol–water partition coefficient (Wildman–Crippen LogP) is 5.54. The van der Waals surface area contributed by atoms with E-state index in [1.165, 1.54) is 17.7 Å². The number of carbonyl (C=O) groups excluding carboxylic acids is 1. The molecule has 5 rings (SSSR count). The first-order valence-electron chi connectivity index (χ1n) is 14.0. The fourth-order valence-corrected chi connectivity index (χ4v) is 5.57. The molecule has 43 heavy (non-hydrogen) atoms. The number of carbonyl (C=O) groups is 1. The second-order valence-corrected chi connectivity index (χ2v) is 10.7. The summed E-state index contributed by atoms with van der Waals surface area (Å²) in [5.41, 5.74) is 7.01. The summed E-state index contributed by atoms with van der Waals surface area (Å²) in [5, 5.41) is 3.18. The molecule has 7 heteroatoms. The molecule has 1 unspecified atom stereocenters. The molecule has 1 fully saturated rings. The van der Waals surface area contributed by atoms with Crippen LogP contribution >= 0.6 is 0 Å². The second-order valence-electron chi connectivity index (χ2n) is 10.7. The van der Waals surface area contributed by atoms with E-state index < -0.39 is 0 Å². The number of benzene rings is 3. The Morgan fingerprint density at radius 3 is 2.42 bits per heavy atom. The quantitative estimate of drug-likeness (QED) is 0.213. The SMILES string of the molecule is C=C(C1CCN(C(=O)c2ccc(Nc3cccc(F)c3)c([CH2-])c2)CC1)N(c1ccccc1C)C(C)c1ccccn1.[CH3-].[K+]. The summed E-state index contributed by atoms with van der Waals surface area (Å²) in [4.78, 5) is 22.3. The Morgan fingerprint density at radius 1 is 1.05 bits per heavy atom. The van der Waals surface area contributed by atoms with E-state index in [0.717, 1.165) is 35.6 Å². The van der Waals surface area contributed by atoms with Gasteiger partial charge in [0.1, 0.15) is 5.82 Å². The van der Waals surface area contributed by atoms with Crippen molar-refractivity contribution in [2.24, 2.45) is 5.92 Å². The summed E-state index contributed by atoms with van der Waals surface area (Å²) < 4.78 is 13.6. The van der Waals surface area contributed by atoms with Crippen LogP contribution in [0, 0.1) is 33.0 Å². The van der Waals surface area contributed by atoms with Gasteiger partial charge in [0.05, 0.1) is 11.7 Å². The maximum absolute atomic E-state index is 13.6. The Bertz CT molecular complexity index is 1540. The first-order chi connectivity index (χ1) is 19.8. The number of nitrogens with one attached hydrogen (secondary N) is 1. The van der Waals surface area contributed by atoms with Crippen LogP contribution in [0.15, 0.2) is 103 Å². The molecule has 218 valence electrons. The summed E-state index contributed by atoms with van der Waals surface area (Å²) >= 11 is 0. The molecule has 0 spiro atoms. The number of hydrogen-bond acceptors (Lipinski definition) is 4. The number of likely N-dealkylation sites (tertiary alicyclic amines) is 1. The summed E-state index contributed by atoms with van der Waals surface area (Å²) in [6, 6.07) is 26.1. The summed E-state index contributed by atoms with van der Waals surface area (Å²) in [5.74, 6) is -0.0772. The Hall–Kier alpha value is -2.94. The number of aryl methyl sites for hydroxylation is 1. The number of nitrogens with zero attached hydrogens (tertiary/aromatic N) is 3. The van der Waals surface area contributed by atoms with E-state index in [1.54, 1.807) is 24.3 Å². The van der Waals surface area contributed by atoms with Crippen LogP contribution in [-0.2, 0) is 0 Å². The van der Waals surface area contributed by atoms with E-state index in [9.17, 15) is 9.18 Å². The molecule has 0 aliphatic carbocycles. The maximum Gasteiger partial charge on any atom is 1.00 e. The third-order valence-corrected chi connectivity index (χ3v) is 7.90. The van der Waals surface area contributed by atoms with E-state index in [-0.39, 0.29) is 82.5 Å². The summed E-state index contributed by atoms with van der Waals surface area (Å²) in [7, 11) is 0. The first kappa shape index (κ1) is 34.5. The van der Waals surface area contributed by atoms with Gasteiger partial charge in [0, 0.05) is 42.3 Å². The number of anilines is 3. The number of hydrogen-bond donors (Lipinski definition) is 1. The average Bonchev–Trinajstić information content (AvgIpc) is 2.99. The van der Waals surface area contributed by atoms with Crippen LogP contribution in [0.4, 0.5) is 21.5 Å². The Morgan fingerprint density at radius 2 is 1.77 bits per heavy atom. The van der Waals surface area contributed by atoms with Crippen molar-refractivity contribution in [3.63, 3.8) is 0 Å². The average molecular weight is 602 g/mol. The molecule has 0 saturated carbocycles. The molecule has 1 aromatic heterocycles. The number of amides is 1. The normalized spacial score (nSPS) is 13.7. The molecule has 3 aromatic carbocycles. The van der Waals surface area contributed by atoms with Crippen molar-refractivity contribution in [3.8, 4) is 0 Å². The number of rotatable bonds is 8. The Kier molecular flexibility index (Phi) is 12.6. The van der Waals surface area contributed by atoms with Gasteiger partial charge in [-0.15, -0.1) is 6.07 Å². The van der Waals surface area contributed by atoms with Crippen molar-refractivity contribution in [2.45, 2.75) is 32.7 Å². The van der Waals surface area contributed by atoms with Crippen molar-refractivity contribution in [1.82, 2.24) is 9.88 Å². The van der Waals surface area contributed by atoms with E-state index in [2.05, 4.69) is 72.9 Å². The number of pyridine rings is 1. The molecule has 5 nitrogen and oxygen atoms in total. The van der Waals surface area contributed by atoms with Crippen LogP contribution in [0.25, 0.3) is 0 Å². The second kappa shape index (κ2) is 15.7. The molecule has 1 atom stereocenters. The number of para-hydroxylation sites is 1. The predicted molar refractivity (Wildman–Crippen MR) is 171 cm³/mol. The molecule has 1 aliphatic rings. The molecule has 0 radical (unpaired) electrons. The van der Waals surface area contributed by atoms with E-state index >= 15 is 0 Å². The van der Waals surface area contributed by atoms with Crippen molar-refractivity contribution >= 4 is 23.0 Å². The number of aromatic nitrogens is 1. The van der Waals surface area contributed by atoms with Gasteiger partial charge in [0.2, 0.25) is 5.91 Å². The monoisotopic (exact) mass is 601 g/mol. The third-order valence-electron chi connectivity index (χ3n) is 7.90. The van der Waals surface area contributed by atoms with Gasteiger partial charge in [-0.05, 0) is 74.2 Å². The van der Waals surface area contributed by atoms with Crippen LogP contribution in [0.5, 0.6) is 0 Å². The zero-order chi connectivity index (χ0) is 28.9. The fourth-order valence-electron chi connectivity index (χ4n) is 5.57. The van der Waals surface area contributed by atoms with Gasteiger partial charge in [-0.1, -0.05) is 54.7 Å². The summed E-state index contributed by atoms with van der Waals surface area (Å²) in [6.45, 7) is 14.3. The molecular weight excluding hydrogens is 563 g/mol. The largest absolute Gasteiger partial charge is 1.00 e. The van der Waals surface area contributed by atoms with E-state index in [1.807, 2.05) is 29.3 Å². The Balaban J connectivity index is 0.00000253. The van der Waals surface area contributed by atoms with Gasteiger partial charge in [-0.25, -0.2) is 4.39 Å². The van der Waals surface area contributed by atoms with Gasteiger partial charge in [-0.2, -0.15) is 12.5 Å². The van der Waals surface area contributed by atoms with Gasteiger partial charge in [0.15, 0.2) is 0 Å². The molecule has 1 amide bonds. The molecule has 1 N–H and O–H groups in total. The van der Waals surface area contributed by atoms with Gasteiger partial charge >= 0.3 is 51.4 Å². The fraction of sp³-hybridized carbons (Fsp3) is 0.222. The minimum atomic E-state index is -0.313. The molecule has 2 heterocycles. The zero-order valence-electron chi connectivity index (χ0n) is 25.7. The molecular formula is C36H39FKN4O-.